The molecule has 0 fully saturated rings. The van der Waals surface area contributed by atoms with Crippen LogP contribution in [0.2, 0.25) is 0 Å². The van der Waals surface area contributed by atoms with Gasteiger partial charge in [-0.2, -0.15) is 0 Å². The molecule has 0 aliphatic carbocycles. The van der Waals surface area contributed by atoms with Crippen molar-refractivity contribution in [2.75, 3.05) is 4.90 Å². The van der Waals surface area contributed by atoms with E-state index < -0.39 is 16.1 Å². The van der Waals surface area contributed by atoms with Crippen LogP contribution in [-0.2, 0) is 0 Å². The van der Waals surface area contributed by atoms with Crippen molar-refractivity contribution in [1.29, 1.82) is 0 Å². The fourth-order valence-corrected chi connectivity index (χ4v) is 22.2. The van der Waals surface area contributed by atoms with Crippen molar-refractivity contribution in [2.24, 2.45) is 0 Å². The van der Waals surface area contributed by atoms with Gasteiger partial charge in [0.25, 0.3) is 0 Å². The molecular weight excluding hydrogens is 881 g/mol. The fraction of sp³-hybridized carbons (Fsp3) is 0. The molecule has 330 valence electrons. The SMILES string of the molecule is c1ccc(N2c3ccccc3[Si](c3ccccc3)(c3ccccc3)c3c2c([Si](c2ccccc2)(c2ccccc2)c2cccc(-c4ccccn4)c2)cc2c3c3ccccc3n2-c2ccccn2)cc1. The highest BCUT2D eigenvalue weighted by molar-refractivity contribution is 7.24. The number of benzene rings is 9. The third-order valence-electron chi connectivity index (χ3n) is 14.5. The normalized spacial score (nSPS) is 12.9. The van der Waals surface area contributed by atoms with Gasteiger partial charge in [0.1, 0.15) is 5.82 Å². The van der Waals surface area contributed by atoms with Crippen molar-refractivity contribution in [2.45, 2.75) is 0 Å². The number of hydrogen-bond donors (Lipinski definition) is 0. The lowest BCUT2D eigenvalue weighted by Crippen LogP contribution is -2.80. The van der Waals surface area contributed by atoms with E-state index in [-0.39, 0.29) is 0 Å². The third-order valence-corrected chi connectivity index (χ3v) is 24.1. The van der Waals surface area contributed by atoms with Crippen LogP contribution < -0.4 is 46.4 Å². The molecule has 1 aliphatic heterocycles. The summed E-state index contributed by atoms with van der Waals surface area (Å²) < 4.78 is 2.44. The second-order valence-corrected chi connectivity index (χ2v) is 25.5. The Balaban J connectivity index is 1.36. The maximum atomic E-state index is 5.16. The molecule has 0 atom stereocenters. The van der Waals surface area contributed by atoms with Crippen molar-refractivity contribution in [3.8, 4) is 17.1 Å². The molecule has 6 heteroatoms. The van der Waals surface area contributed by atoms with Crippen molar-refractivity contribution >= 4 is 96.5 Å². The number of para-hydroxylation sites is 3. The highest BCUT2D eigenvalue weighted by atomic mass is 28.3. The first-order valence-electron chi connectivity index (χ1n) is 24.0. The van der Waals surface area contributed by atoms with Crippen LogP contribution in [-0.4, -0.2) is 30.7 Å². The molecule has 3 aromatic heterocycles. The van der Waals surface area contributed by atoms with Gasteiger partial charge in [-0.1, -0.05) is 212 Å². The molecular formula is C64H46N4Si2. The van der Waals surface area contributed by atoms with E-state index in [0.29, 0.717) is 0 Å². The number of pyridine rings is 2. The summed E-state index contributed by atoms with van der Waals surface area (Å²) in [5.41, 5.74) is 7.83. The first-order chi connectivity index (χ1) is 34.8. The molecule has 0 unspecified atom stereocenters. The Kier molecular flexibility index (Phi) is 10.2. The Morgan fingerprint density at radius 3 is 1.61 bits per heavy atom. The van der Waals surface area contributed by atoms with Crippen LogP contribution in [0.15, 0.2) is 279 Å². The van der Waals surface area contributed by atoms with Crippen LogP contribution in [0.3, 0.4) is 0 Å². The van der Waals surface area contributed by atoms with E-state index in [1.54, 1.807) is 0 Å². The number of fused-ring (bicyclic) bond motifs is 6. The van der Waals surface area contributed by atoms with Gasteiger partial charge >= 0.3 is 0 Å². The standard InChI is InChI=1S/C64H46N4Si2/c1-6-26-48(27-7-1)67-57-40-18-19-41-59(57)70(51-32-12-4-13-33-51,52-34-14-5-15-35-52)64-62-54-37-16-17-39-56(54)68(61-42-21-23-44-66-61)58(62)46-60(63(64)67)69(49-28-8-2-9-29-49,50-30-10-3-11-31-50)53-36-24-25-47(45-53)55-38-20-22-43-65-55/h1-46H. The zero-order valence-electron chi connectivity index (χ0n) is 38.3. The molecule has 4 nitrogen and oxygen atoms in total. The second-order valence-electron chi connectivity index (χ2n) is 18.0. The predicted octanol–water partition coefficient (Wildman–Crippen LogP) is 9.78. The van der Waals surface area contributed by atoms with Gasteiger partial charge in [-0.3, -0.25) is 9.55 Å². The Labute approximate surface area is 410 Å². The van der Waals surface area contributed by atoms with E-state index >= 15 is 0 Å². The summed E-state index contributed by atoms with van der Waals surface area (Å²) in [5.74, 6) is 0.881. The van der Waals surface area contributed by atoms with Crippen LogP contribution in [0, 0.1) is 0 Å². The number of nitrogens with zero attached hydrogens (tertiary/aromatic N) is 4. The summed E-state index contributed by atoms with van der Waals surface area (Å²) in [5, 5.41) is 13.0. The van der Waals surface area contributed by atoms with E-state index in [9.17, 15) is 0 Å². The molecule has 0 amide bonds. The van der Waals surface area contributed by atoms with Crippen molar-refractivity contribution < 1.29 is 0 Å². The predicted molar refractivity (Wildman–Crippen MR) is 297 cm³/mol. The minimum Gasteiger partial charge on any atom is -0.311 e. The van der Waals surface area contributed by atoms with Crippen molar-refractivity contribution in [3.63, 3.8) is 0 Å². The summed E-state index contributed by atoms with van der Waals surface area (Å²) in [6, 6.07) is 99.5. The van der Waals surface area contributed by atoms with Gasteiger partial charge in [0.15, 0.2) is 16.1 Å². The van der Waals surface area contributed by atoms with Crippen molar-refractivity contribution in [1.82, 2.24) is 14.5 Å². The zero-order valence-corrected chi connectivity index (χ0v) is 40.3. The number of anilines is 3. The maximum absolute atomic E-state index is 5.16. The monoisotopic (exact) mass is 926 g/mol. The van der Waals surface area contributed by atoms with Gasteiger partial charge in [0.2, 0.25) is 0 Å². The summed E-state index contributed by atoms with van der Waals surface area (Å²) >= 11 is 0. The average molecular weight is 927 g/mol. The molecule has 0 N–H and O–H groups in total. The largest absolute Gasteiger partial charge is 0.311 e. The maximum Gasteiger partial charge on any atom is 0.184 e. The Morgan fingerprint density at radius 1 is 0.414 bits per heavy atom. The highest BCUT2D eigenvalue weighted by Gasteiger charge is 2.54. The zero-order chi connectivity index (χ0) is 46.5. The Morgan fingerprint density at radius 2 is 0.971 bits per heavy atom. The second kappa shape index (κ2) is 17.1. The first kappa shape index (κ1) is 41.5. The average Bonchev–Trinajstić information content (AvgIpc) is 3.78. The van der Waals surface area contributed by atoms with E-state index in [1.807, 2.05) is 24.5 Å². The van der Waals surface area contributed by atoms with Gasteiger partial charge in [-0.05, 0) is 96.1 Å². The smallest absolute Gasteiger partial charge is 0.184 e. The van der Waals surface area contributed by atoms with Crippen LogP contribution in [0.5, 0.6) is 0 Å². The topological polar surface area (TPSA) is 34.0 Å². The number of hydrogen-bond acceptors (Lipinski definition) is 3. The quantitative estimate of drug-likeness (QED) is 0.107. The van der Waals surface area contributed by atoms with Gasteiger partial charge in [0, 0.05) is 45.8 Å². The summed E-state index contributed by atoms with van der Waals surface area (Å²) in [4.78, 5) is 12.7. The van der Waals surface area contributed by atoms with E-state index in [4.69, 9.17) is 9.97 Å². The van der Waals surface area contributed by atoms with Gasteiger partial charge in [0.05, 0.1) is 16.7 Å². The molecule has 0 bridgehead atoms. The molecule has 13 rings (SSSR count). The first-order valence-corrected chi connectivity index (χ1v) is 28.0. The Hall–Kier alpha value is -8.69. The molecule has 0 saturated heterocycles. The molecule has 9 aromatic carbocycles. The minimum atomic E-state index is -3.47. The summed E-state index contributed by atoms with van der Waals surface area (Å²) in [6.45, 7) is 0. The highest BCUT2D eigenvalue weighted by Crippen LogP contribution is 2.43. The minimum absolute atomic E-state index is 0.881. The van der Waals surface area contributed by atoms with E-state index in [2.05, 4.69) is 264 Å². The van der Waals surface area contributed by atoms with Crippen LogP contribution >= 0.6 is 0 Å². The molecule has 4 heterocycles. The number of rotatable bonds is 9. The Bertz CT molecular complexity index is 3740. The summed E-state index contributed by atoms with van der Waals surface area (Å²) in [6.07, 6.45) is 3.82. The lowest BCUT2D eigenvalue weighted by atomic mass is 10.1. The van der Waals surface area contributed by atoms with Crippen LogP contribution in [0.4, 0.5) is 17.1 Å². The summed E-state index contributed by atoms with van der Waals surface area (Å²) in [7, 11) is -6.83. The van der Waals surface area contributed by atoms with Crippen LogP contribution in [0.1, 0.15) is 0 Å². The third kappa shape index (κ3) is 6.27. The lowest BCUT2D eigenvalue weighted by molar-refractivity contribution is 1.08. The van der Waals surface area contributed by atoms with Gasteiger partial charge < -0.3 is 4.90 Å². The van der Waals surface area contributed by atoms with E-state index in [0.717, 1.165) is 33.8 Å². The van der Waals surface area contributed by atoms with Crippen molar-refractivity contribution in [3.05, 3.63) is 279 Å². The number of aromatic nitrogens is 3. The molecule has 12 aromatic rings. The molecule has 70 heavy (non-hydrogen) atoms. The van der Waals surface area contributed by atoms with Gasteiger partial charge in [-0.15, -0.1) is 0 Å². The van der Waals surface area contributed by atoms with E-state index in [1.165, 1.54) is 63.6 Å². The van der Waals surface area contributed by atoms with Crippen LogP contribution in [0.25, 0.3) is 38.9 Å². The lowest BCUT2D eigenvalue weighted by Gasteiger charge is -2.48. The molecule has 0 radical (unpaired) electrons. The molecule has 0 saturated carbocycles. The molecule has 1 aliphatic rings. The van der Waals surface area contributed by atoms with Gasteiger partial charge in [-0.25, -0.2) is 4.98 Å². The molecule has 0 spiro atoms. The fourth-order valence-electron chi connectivity index (χ4n) is 11.8.